The van der Waals surface area contributed by atoms with E-state index in [-0.39, 0.29) is 17.6 Å². The number of hydrogen-bond donors (Lipinski definition) is 1. The van der Waals surface area contributed by atoms with Crippen molar-refractivity contribution in [3.8, 4) is 5.75 Å². The molecule has 1 aromatic rings. The molecule has 0 bridgehead atoms. The number of carbonyl (C=O) groups is 1. The Kier molecular flexibility index (Phi) is 3.74. The van der Waals surface area contributed by atoms with E-state index in [1.807, 2.05) is 0 Å². The van der Waals surface area contributed by atoms with E-state index in [0.29, 0.717) is 17.9 Å². The molecule has 1 aromatic carbocycles. The number of Topliss-reactive ketones (excluding diaryl/α,β-unsaturated/α-hetero) is 1. The van der Waals surface area contributed by atoms with Gasteiger partial charge in [0.15, 0.2) is 17.3 Å². The number of ether oxygens (including phenoxy) is 1. The quantitative estimate of drug-likeness (QED) is 0.860. The van der Waals surface area contributed by atoms with Gasteiger partial charge < -0.3 is 10.1 Å². The Labute approximate surface area is 118 Å². The second-order valence-electron chi connectivity index (χ2n) is 5.85. The van der Waals surface area contributed by atoms with E-state index < -0.39 is 5.82 Å². The number of halogens is 1. The number of rotatable bonds is 4. The highest BCUT2D eigenvalue weighted by Crippen LogP contribution is 2.39. The summed E-state index contributed by atoms with van der Waals surface area (Å²) in [5.74, 6) is 1.08. The van der Waals surface area contributed by atoms with Crippen LogP contribution < -0.4 is 10.1 Å². The summed E-state index contributed by atoms with van der Waals surface area (Å²) in [5.41, 5.74) is 0.437. The number of methoxy groups -OCH3 is 1. The Balaban J connectivity index is 1.68. The predicted molar refractivity (Wildman–Crippen MR) is 74.5 cm³/mol. The van der Waals surface area contributed by atoms with Crippen LogP contribution in [0.5, 0.6) is 5.75 Å². The van der Waals surface area contributed by atoms with E-state index >= 15 is 0 Å². The van der Waals surface area contributed by atoms with Gasteiger partial charge in [-0.05, 0) is 49.4 Å². The molecule has 1 aliphatic carbocycles. The Morgan fingerprint density at radius 3 is 3.05 bits per heavy atom. The molecular formula is C16H20FNO2. The second-order valence-corrected chi connectivity index (χ2v) is 5.85. The fourth-order valence-corrected chi connectivity index (χ4v) is 3.68. The van der Waals surface area contributed by atoms with Gasteiger partial charge in [-0.3, -0.25) is 4.79 Å². The summed E-state index contributed by atoms with van der Waals surface area (Å²) < 4.78 is 18.5. The molecule has 1 heterocycles. The van der Waals surface area contributed by atoms with Gasteiger partial charge in [0.1, 0.15) is 0 Å². The zero-order chi connectivity index (χ0) is 14.1. The van der Waals surface area contributed by atoms with Crippen LogP contribution in [-0.4, -0.2) is 25.5 Å². The van der Waals surface area contributed by atoms with Gasteiger partial charge in [0, 0.05) is 18.0 Å². The van der Waals surface area contributed by atoms with Crippen LogP contribution in [0.4, 0.5) is 4.39 Å². The van der Waals surface area contributed by atoms with Crippen LogP contribution in [-0.2, 0) is 0 Å². The maximum Gasteiger partial charge on any atom is 0.165 e. The topological polar surface area (TPSA) is 38.3 Å². The van der Waals surface area contributed by atoms with E-state index in [4.69, 9.17) is 4.74 Å². The highest BCUT2D eigenvalue weighted by Gasteiger charge is 2.39. The van der Waals surface area contributed by atoms with Crippen LogP contribution in [0, 0.1) is 17.7 Å². The molecule has 0 radical (unpaired) electrons. The summed E-state index contributed by atoms with van der Waals surface area (Å²) in [5, 5.41) is 3.46. The minimum atomic E-state index is -0.475. The summed E-state index contributed by atoms with van der Waals surface area (Å²) >= 11 is 0. The van der Waals surface area contributed by atoms with Crippen LogP contribution in [0.15, 0.2) is 18.2 Å². The molecule has 0 spiro atoms. The van der Waals surface area contributed by atoms with Crippen molar-refractivity contribution >= 4 is 5.78 Å². The molecule has 3 nitrogen and oxygen atoms in total. The van der Waals surface area contributed by atoms with Crippen molar-refractivity contribution in [3.05, 3.63) is 29.6 Å². The number of nitrogens with one attached hydrogen (secondary N) is 1. The van der Waals surface area contributed by atoms with Crippen molar-refractivity contribution in [2.45, 2.75) is 31.7 Å². The van der Waals surface area contributed by atoms with Crippen molar-refractivity contribution < 1.29 is 13.9 Å². The zero-order valence-electron chi connectivity index (χ0n) is 11.7. The summed E-state index contributed by atoms with van der Waals surface area (Å²) in [7, 11) is 1.42. The lowest BCUT2D eigenvalue weighted by molar-refractivity contribution is 0.0963. The smallest absolute Gasteiger partial charge is 0.165 e. The zero-order valence-corrected chi connectivity index (χ0v) is 11.7. The van der Waals surface area contributed by atoms with E-state index in [1.54, 1.807) is 6.07 Å². The van der Waals surface area contributed by atoms with Crippen LogP contribution in [0.1, 0.15) is 36.0 Å². The van der Waals surface area contributed by atoms with E-state index in [9.17, 15) is 9.18 Å². The summed E-state index contributed by atoms with van der Waals surface area (Å²) in [6, 6.07) is 4.71. The van der Waals surface area contributed by atoms with Crippen molar-refractivity contribution in [1.82, 2.24) is 5.32 Å². The standard InChI is InChI=1S/C16H20FNO2/c1-20-16-6-5-10(7-13(16)17)15(19)8-14-12-4-2-3-11(12)9-18-14/h5-7,11-12,14,18H,2-4,8-9H2,1H3. The number of benzene rings is 1. The van der Waals surface area contributed by atoms with Crippen molar-refractivity contribution in [2.75, 3.05) is 13.7 Å². The van der Waals surface area contributed by atoms with E-state index in [1.165, 1.54) is 38.5 Å². The first kappa shape index (κ1) is 13.6. The molecule has 0 aromatic heterocycles. The van der Waals surface area contributed by atoms with Crippen molar-refractivity contribution in [3.63, 3.8) is 0 Å². The monoisotopic (exact) mass is 277 g/mol. The SMILES string of the molecule is COc1ccc(C(=O)CC2NCC3CCCC32)cc1F. The minimum absolute atomic E-state index is 0.0107. The van der Waals surface area contributed by atoms with Gasteiger partial charge in [0.2, 0.25) is 0 Å². The lowest BCUT2D eigenvalue weighted by Crippen LogP contribution is -2.29. The molecule has 3 atom stereocenters. The highest BCUT2D eigenvalue weighted by molar-refractivity contribution is 5.96. The first-order valence-electron chi connectivity index (χ1n) is 7.29. The van der Waals surface area contributed by atoms with Gasteiger partial charge in [-0.1, -0.05) is 6.42 Å². The first-order chi connectivity index (χ1) is 9.69. The van der Waals surface area contributed by atoms with Crippen molar-refractivity contribution in [1.29, 1.82) is 0 Å². The first-order valence-corrected chi connectivity index (χ1v) is 7.29. The summed E-state index contributed by atoms with van der Waals surface area (Å²) in [6.45, 7) is 1.03. The van der Waals surface area contributed by atoms with Gasteiger partial charge in [0.05, 0.1) is 7.11 Å². The molecule has 2 aliphatic rings. The van der Waals surface area contributed by atoms with Gasteiger partial charge in [-0.15, -0.1) is 0 Å². The van der Waals surface area contributed by atoms with Gasteiger partial charge in [-0.2, -0.15) is 0 Å². The Hall–Kier alpha value is -1.42. The Morgan fingerprint density at radius 1 is 1.45 bits per heavy atom. The molecule has 20 heavy (non-hydrogen) atoms. The average Bonchev–Trinajstić information content (AvgIpc) is 3.03. The summed E-state index contributed by atoms with van der Waals surface area (Å²) in [6.07, 6.45) is 4.23. The van der Waals surface area contributed by atoms with Crippen LogP contribution in [0.3, 0.4) is 0 Å². The third-order valence-electron chi connectivity index (χ3n) is 4.76. The molecule has 4 heteroatoms. The van der Waals surface area contributed by atoms with Crippen LogP contribution >= 0.6 is 0 Å². The lowest BCUT2D eigenvalue weighted by Gasteiger charge is -2.17. The predicted octanol–water partition coefficient (Wildman–Crippen LogP) is 2.80. The minimum Gasteiger partial charge on any atom is -0.494 e. The molecule has 1 N–H and O–H groups in total. The molecule has 108 valence electrons. The molecule has 3 rings (SSSR count). The Bertz CT molecular complexity index is 517. The molecule has 1 saturated heterocycles. The number of carbonyl (C=O) groups excluding carboxylic acids is 1. The van der Waals surface area contributed by atoms with Gasteiger partial charge >= 0.3 is 0 Å². The average molecular weight is 277 g/mol. The molecule has 1 aliphatic heterocycles. The highest BCUT2D eigenvalue weighted by atomic mass is 19.1. The number of fused-ring (bicyclic) bond motifs is 1. The largest absolute Gasteiger partial charge is 0.494 e. The third-order valence-corrected chi connectivity index (χ3v) is 4.76. The van der Waals surface area contributed by atoms with Crippen molar-refractivity contribution in [2.24, 2.45) is 11.8 Å². The normalized spacial score (nSPS) is 28.4. The van der Waals surface area contributed by atoms with Crippen LogP contribution in [0.25, 0.3) is 0 Å². The Morgan fingerprint density at radius 2 is 2.30 bits per heavy atom. The second kappa shape index (κ2) is 5.52. The molecule has 2 fully saturated rings. The van der Waals surface area contributed by atoms with Gasteiger partial charge in [-0.25, -0.2) is 4.39 Å². The van der Waals surface area contributed by atoms with Crippen LogP contribution in [0.2, 0.25) is 0 Å². The fourth-order valence-electron chi connectivity index (χ4n) is 3.68. The van der Waals surface area contributed by atoms with Gasteiger partial charge in [0.25, 0.3) is 0 Å². The summed E-state index contributed by atoms with van der Waals surface area (Å²) in [4.78, 5) is 12.3. The molecule has 3 unspecified atom stereocenters. The van der Waals surface area contributed by atoms with E-state index in [2.05, 4.69) is 5.32 Å². The fraction of sp³-hybridized carbons (Fsp3) is 0.562. The molecule has 1 saturated carbocycles. The molecule has 0 amide bonds. The number of hydrogen-bond acceptors (Lipinski definition) is 3. The molecular weight excluding hydrogens is 257 g/mol. The lowest BCUT2D eigenvalue weighted by atomic mass is 9.90. The third kappa shape index (κ3) is 2.44. The van der Waals surface area contributed by atoms with E-state index in [0.717, 1.165) is 12.5 Å². The maximum absolute atomic E-state index is 13.6. The maximum atomic E-state index is 13.6. The number of ketones is 1.